The van der Waals surface area contributed by atoms with Gasteiger partial charge in [-0.15, -0.1) is 6.58 Å². The molecule has 1 saturated carbocycles. The molecule has 22 heavy (non-hydrogen) atoms. The van der Waals surface area contributed by atoms with Crippen molar-refractivity contribution in [1.82, 2.24) is 0 Å². The summed E-state index contributed by atoms with van der Waals surface area (Å²) in [5.74, 6) is -0.971. The lowest BCUT2D eigenvalue weighted by molar-refractivity contribution is 0.349. The van der Waals surface area contributed by atoms with E-state index < -0.39 is 11.6 Å². The van der Waals surface area contributed by atoms with E-state index in [9.17, 15) is 8.78 Å². The Bertz CT molecular complexity index is 528. The number of hydrogen-bond acceptors (Lipinski definition) is 1. The van der Waals surface area contributed by atoms with E-state index in [1.165, 1.54) is 13.2 Å². The molecule has 3 heteroatoms. The van der Waals surface area contributed by atoms with Crippen LogP contribution in [-0.2, 0) is 0 Å². The van der Waals surface area contributed by atoms with Crippen LogP contribution in [0.15, 0.2) is 36.9 Å². The highest BCUT2D eigenvalue weighted by Gasteiger charge is 2.25. The molecule has 0 atom stereocenters. The van der Waals surface area contributed by atoms with E-state index in [0.29, 0.717) is 11.5 Å². The van der Waals surface area contributed by atoms with Crippen LogP contribution in [-0.4, -0.2) is 7.11 Å². The molecule has 0 unspecified atom stereocenters. The van der Waals surface area contributed by atoms with Crippen molar-refractivity contribution < 1.29 is 13.5 Å². The predicted molar refractivity (Wildman–Crippen MR) is 86.2 cm³/mol. The standard InChI is InChI=1S/C19H24F2O/c1-3-4-5-6-7-14-8-10-15(11-9-14)16-12-13-17(22-2)19(21)18(16)20/h3,6-7,12-15H,1,4-5,8-11H2,2H3/b7-6+. The minimum atomic E-state index is -0.869. The van der Waals surface area contributed by atoms with Gasteiger partial charge in [0.25, 0.3) is 0 Å². The van der Waals surface area contributed by atoms with Gasteiger partial charge in [0.2, 0.25) is 5.82 Å². The normalized spacial score (nSPS) is 22.0. The molecular weight excluding hydrogens is 282 g/mol. The Morgan fingerprint density at radius 3 is 2.50 bits per heavy atom. The smallest absolute Gasteiger partial charge is 0.200 e. The highest BCUT2D eigenvalue weighted by atomic mass is 19.2. The zero-order valence-electron chi connectivity index (χ0n) is 13.2. The van der Waals surface area contributed by atoms with Crippen molar-refractivity contribution in [2.24, 2.45) is 5.92 Å². The van der Waals surface area contributed by atoms with Crippen molar-refractivity contribution in [3.63, 3.8) is 0 Å². The van der Waals surface area contributed by atoms with Crippen LogP contribution in [0.1, 0.15) is 50.0 Å². The zero-order valence-corrected chi connectivity index (χ0v) is 13.2. The second-order valence-corrected chi connectivity index (χ2v) is 5.89. The van der Waals surface area contributed by atoms with Gasteiger partial charge in [-0.2, -0.15) is 4.39 Å². The van der Waals surface area contributed by atoms with Crippen LogP contribution in [0.25, 0.3) is 0 Å². The topological polar surface area (TPSA) is 9.23 Å². The summed E-state index contributed by atoms with van der Waals surface area (Å²) in [7, 11) is 1.35. The summed E-state index contributed by atoms with van der Waals surface area (Å²) >= 11 is 0. The van der Waals surface area contributed by atoms with Gasteiger partial charge in [0.05, 0.1) is 7.11 Å². The molecule has 0 saturated heterocycles. The minimum Gasteiger partial charge on any atom is -0.494 e. The maximum Gasteiger partial charge on any atom is 0.200 e. The summed E-state index contributed by atoms with van der Waals surface area (Å²) in [6, 6.07) is 3.19. The van der Waals surface area contributed by atoms with Gasteiger partial charge in [-0.25, -0.2) is 4.39 Å². The molecule has 0 aromatic heterocycles. The molecule has 1 aliphatic carbocycles. The first-order chi connectivity index (χ1) is 10.7. The molecule has 0 aliphatic heterocycles. The van der Waals surface area contributed by atoms with Gasteiger partial charge < -0.3 is 4.74 Å². The number of ether oxygens (including phenoxy) is 1. The number of rotatable bonds is 6. The van der Waals surface area contributed by atoms with Gasteiger partial charge in [-0.05, 0) is 62.0 Å². The van der Waals surface area contributed by atoms with Crippen LogP contribution in [0.3, 0.4) is 0 Å². The number of benzene rings is 1. The second kappa shape index (κ2) is 8.11. The Hall–Kier alpha value is -1.64. The molecule has 120 valence electrons. The van der Waals surface area contributed by atoms with Crippen molar-refractivity contribution >= 4 is 0 Å². The summed E-state index contributed by atoms with van der Waals surface area (Å²) < 4.78 is 32.8. The van der Waals surface area contributed by atoms with Crippen LogP contribution >= 0.6 is 0 Å². The van der Waals surface area contributed by atoms with Crippen LogP contribution in [0.4, 0.5) is 8.78 Å². The Labute approximate surface area is 131 Å². The van der Waals surface area contributed by atoms with E-state index in [4.69, 9.17) is 4.74 Å². The molecule has 0 radical (unpaired) electrons. The van der Waals surface area contributed by atoms with Gasteiger partial charge in [0, 0.05) is 0 Å². The number of hydrogen-bond donors (Lipinski definition) is 0. The molecule has 1 aromatic rings. The fourth-order valence-electron chi connectivity index (χ4n) is 3.15. The van der Waals surface area contributed by atoms with E-state index in [2.05, 4.69) is 18.7 Å². The van der Waals surface area contributed by atoms with E-state index in [1.807, 2.05) is 6.08 Å². The summed E-state index contributed by atoms with van der Waals surface area (Å²) in [6.45, 7) is 3.71. The van der Waals surface area contributed by atoms with Crippen molar-refractivity contribution in [2.45, 2.75) is 44.4 Å². The quantitative estimate of drug-likeness (QED) is 0.479. The van der Waals surface area contributed by atoms with Gasteiger partial charge in [0.15, 0.2) is 11.6 Å². The van der Waals surface area contributed by atoms with Gasteiger partial charge in [0.1, 0.15) is 0 Å². The summed E-state index contributed by atoms with van der Waals surface area (Å²) in [5, 5.41) is 0. The van der Waals surface area contributed by atoms with Crippen molar-refractivity contribution in [2.75, 3.05) is 7.11 Å². The van der Waals surface area contributed by atoms with E-state index in [1.54, 1.807) is 6.07 Å². The Balaban J connectivity index is 1.96. The highest BCUT2D eigenvalue weighted by Crippen LogP contribution is 2.39. The molecule has 1 fully saturated rings. The monoisotopic (exact) mass is 306 g/mol. The Kier molecular flexibility index (Phi) is 6.17. The Morgan fingerprint density at radius 2 is 1.86 bits per heavy atom. The van der Waals surface area contributed by atoms with Crippen molar-refractivity contribution in [3.8, 4) is 5.75 Å². The summed E-state index contributed by atoms with van der Waals surface area (Å²) in [6.07, 6.45) is 12.3. The van der Waals surface area contributed by atoms with Crippen LogP contribution in [0.2, 0.25) is 0 Å². The molecule has 2 rings (SSSR count). The zero-order chi connectivity index (χ0) is 15.9. The molecule has 0 N–H and O–H groups in total. The number of methoxy groups -OCH3 is 1. The average Bonchev–Trinajstić information content (AvgIpc) is 2.55. The molecule has 1 aliphatic rings. The fraction of sp³-hybridized carbons (Fsp3) is 0.474. The average molecular weight is 306 g/mol. The number of halogens is 2. The van der Waals surface area contributed by atoms with Crippen LogP contribution < -0.4 is 4.74 Å². The van der Waals surface area contributed by atoms with Crippen molar-refractivity contribution in [3.05, 3.63) is 54.1 Å². The fourth-order valence-corrected chi connectivity index (χ4v) is 3.15. The van der Waals surface area contributed by atoms with E-state index >= 15 is 0 Å². The highest BCUT2D eigenvalue weighted by molar-refractivity contribution is 5.33. The first-order valence-corrected chi connectivity index (χ1v) is 7.96. The minimum absolute atomic E-state index is 0.0277. The molecule has 0 bridgehead atoms. The molecular formula is C19H24F2O. The third-order valence-corrected chi connectivity index (χ3v) is 4.45. The third kappa shape index (κ3) is 3.96. The van der Waals surface area contributed by atoms with Crippen LogP contribution in [0.5, 0.6) is 5.75 Å². The first kappa shape index (κ1) is 16.7. The van der Waals surface area contributed by atoms with Gasteiger partial charge >= 0.3 is 0 Å². The summed E-state index contributed by atoms with van der Waals surface area (Å²) in [4.78, 5) is 0. The lowest BCUT2D eigenvalue weighted by atomic mass is 9.78. The number of unbranched alkanes of at least 4 members (excludes halogenated alkanes) is 1. The van der Waals surface area contributed by atoms with E-state index in [-0.39, 0.29) is 11.7 Å². The maximum atomic E-state index is 14.1. The van der Waals surface area contributed by atoms with E-state index in [0.717, 1.165) is 38.5 Å². The third-order valence-electron chi connectivity index (χ3n) is 4.45. The maximum absolute atomic E-state index is 14.1. The molecule has 0 amide bonds. The van der Waals surface area contributed by atoms with Crippen LogP contribution in [0, 0.1) is 17.6 Å². The lowest BCUT2D eigenvalue weighted by Gasteiger charge is -2.27. The number of allylic oxidation sites excluding steroid dienone is 3. The molecule has 1 nitrogen and oxygen atoms in total. The molecule has 0 spiro atoms. The predicted octanol–water partition coefficient (Wildman–Crippen LogP) is 5.77. The first-order valence-electron chi connectivity index (χ1n) is 7.96. The summed E-state index contributed by atoms with van der Waals surface area (Å²) in [5.41, 5.74) is 0.493. The lowest BCUT2D eigenvalue weighted by Crippen LogP contribution is -2.13. The Morgan fingerprint density at radius 1 is 1.14 bits per heavy atom. The largest absolute Gasteiger partial charge is 0.494 e. The van der Waals surface area contributed by atoms with Gasteiger partial charge in [-0.3, -0.25) is 0 Å². The SMILES string of the molecule is C=CCC/C=C/C1CCC(c2ccc(OC)c(F)c2F)CC1. The molecule has 0 heterocycles. The van der Waals surface area contributed by atoms with Crippen molar-refractivity contribution in [1.29, 1.82) is 0 Å². The molecule has 1 aromatic carbocycles. The second-order valence-electron chi connectivity index (χ2n) is 5.89. The van der Waals surface area contributed by atoms with Gasteiger partial charge in [-0.1, -0.05) is 24.3 Å².